The summed E-state index contributed by atoms with van der Waals surface area (Å²) in [5.74, 6) is -0.381. The van der Waals surface area contributed by atoms with Gasteiger partial charge in [-0.2, -0.15) is 5.26 Å². The Morgan fingerprint density at radius 1 is 1.47 bits per heavy atom. The first kappa shape index (κ1) is 13.7. The predicted molar refractivity (Wildman–Crippen MR) is 73.2 cm³/mol. The van der Waals surface area contributed by atoms with E-state index in [1.54, 1.807) is 17.4 Å². The summed E-state index contributed by atoms with van der Waals surface area (Å²) in [4.78, 5) is 4.40. The van der Waals surface area contributed by atoms with Gasteiger partial charge in [-0.3, -0.25) is 0 Å². The lowest BCUT2D eigenvalue weighted by Crippen LogP contribution is -2.18. The average molecular weight is 275 g/mol. The predicted octanol–water partition coefficient (Wildman–Crippen LogP) is 3.31. The van der Waals surface area contributed by atoms with Crippen molar-refractivity contribution in [2.24, 2.45) is 0 Å². The Balaban J connectivity index is 2.03. The zero-order valence-electron chi connectivity index (χ0n) is 10.8. The third kappa shape index (κ3) is 3.60. The number of thiazole rings is 1. The van der Waals surface area contributed by atoms with Crippen LogP contribution in [0, 0.1) is 24.1 Å². The Morgan fingerprint density at radius 3 is 2.89 bits per heavy atom. The maximum Gasteiger partial charge on any atom is 0.124 e. The number of nitrogens with zero attached hydrogens (tertiary/aromatic N) is 2. The van der Waals surface area contributed by atoms with Crippen molar-refractivity contribution in [2.45, 2.75) is 26.4 Å². The maximum absolute atomic E-state index is 13.3. The van der Waals surface area contributed by atoms with Gasteiger partial charge in [-0.1, -0.05) is 0 Å². The molecule has 0 saturated carbocycles. The number of halogens is 1. The highest BCUT2D eigenvalue weighted by molar-refractivity contribution is 7.09. The summed E-state index contributed by atoms with van der Waals surface area (Å²) in [6.45, 7) is 4.48. The fourth-order valence-electron chi connectivity index (χ4n) is 1.75. The number of benzene rings is 1. The first-order valence-electron chi connectivity index (χ1n) is 5.93. The number of hydrogen-bond acceptors (Lipinski definition) is 4. The SMILES string of the molecule is Cc1csc(C(C)NCc2cc(F)cc(C#N)c2)n1. The molecule has 2 aromatic rings. The number of aromatic nitrogens is 1. The van der Waals surface area contributed by atoms with Gasteiger partial charge in [0.2, 0.25) is 0 Å². The van der Waals surface area contributed by atoms with Crippen molar-refractivity contribution in [1.29, 1.82) is 5.26 Å². The molecule has 1 atom stereocenters. The minimum atomic E-state index is -0.381. The highest BCUT2D eigenvalue weighted by atomic mass is 32.1. The van der Waals surface area contributed by atoms with E-state index in [9.17, 15) is 4.39 Å². The highest BCUT2D eigenvalue weighted by Gasteiger charge is 2.09. The second-order valence-corrected chi connectivity index (χ2v) is 5.28. The second-order valence-electron chi connectivity index (χ2n) is 4.39. The number of hydrogen-bond donors (Lipinski definition) is 1. The van der Waals surface area contributed by atoms with E-state index in [4.69, 9.17) is 5.26 Å². The van der Waals surface area contributed by atoms with Crippen LogP contribution in [0.1, 0.15) is 34.8 Å². The Bertz CT molecular complexity index is 615. The molecule has 0 bridgehead atoms. The molecule has 1 heterocycles. The van der Waals surface area contributed by atoms with Gasteiger partial charge in [-0.15, -0.1) is 11.3 Å². The Hall–Kier alpha value is -1.77. The van der Waals surface area contributed by atoms with Crippen molar-refractivity contribution in [1.82, 2.24) is 10.3 Å². The molecule has 2 rings (SSSR count). The molecule has 19 heavy (non-hydrogen) atoms. The van der Waals surface area contributed by atoms with E-state index in [2.05, 4.69) is 10.3 Å². The van der Waals surface area contributed by atoms with Crippen LogP contribution in [0.15, 0.2) is 23.6 Å². The number of rotatable bonds is 4. The van der Waals surface area contributed by atoms with E-state index in [0.29, 0.717) is 12.1 Å². The molecule has 0 radical (unpaired) electrons. The van der Waals surface area contributed by atoms with Crippen molar-refractivity contribution in [3.8, 4) is 6.07 Å². The van der Waals surface area contributed by atoms with Gasteiger partial charge < -0.3 is 5.32 Å². The van der Waals surface area contributed by atoms with E-state index in [1.165, 1.54) is 12.1 Å². The van der Waals surface area contributed by atoms with Gasteiger partial charge in [-0.05, 0) is 37.6 Å². The lowest BCUT2D eigenvalue weighted by atomic mass is 10.1. The summed E-state index contributed by atoms with van der Waals surface area (Å²) in [5, 5.41) is 15.1. The Kier molecular flexibility index (Phi) is 4.25. The second kappa shape index (κ2) is 5.91. The zero-order valence-corrected chi connectivity index (χ0v) is 11.6. The van der Waals surface area contributed by atoms with Crippen LogP contribution >= 0.6 is 11.3 Å². The van der Waals surface area contributed by atoms with Crippen LogP contribution in [-0.4, -0.2) is 4.98 Å². The fourth-order valence-corrected chi connectivity index (χ4v) is 2.57. The molecular formula is C14H14FN3S. The molecule has 0 spiro atoms. The topological polar surface area (TPSA) is 48.7 Å². The third-order valence-corrected chi connectivity index (χ3v) is 3.85. The normalized spacial score (nSPS) is 12.1. The van der Waals surface area contributed by atoms with Crippen LogP contribution in [0.2, 0.25) is 0 Å². The quantitative estimate of drug-likeness (QED) is 0.931. The lowest BCUT2D eigenvalue weighted by Gasteiger charge is -2.11. The zero-order chi connectivity index (χ0) is 13.8. The standard InChI is InChI=1S/C14H14FN3S/c1-9-8-19-14(18-9)10(2)17-7-12-3-11(6-16)4-13(15)5-12/h3-5,8,10,17H,7H2,1-2H3. The molecule has 3 nitrogen and oxygen atoms in total. The van der Waals surface area contributed by atoms with Crippen LogP contribution in [0.25, 0.3) is 0 Å². The minimum absolute atomic E-state index is 0.104. The van der Waals surface area contributed by atoms with Gasteiger partial charge in [0.1, 0.15) is 10.8 Å². The molecule has 98 valence electrons. The summed E-state index contributed by atoms with van der Waals surface area (Å²) in [5.41, 5.74) is 2.11. The van der Waals surface area contributed by atoms with Crippen molar-refractivity contribution < 1.29 is 4.39 Å². The molecule has 1 aromatic carbocycles. The molecule has 0 aliphatic carbocycles. The summed E-state index contributed by atoms with van der Waals surface area (Å²) in [6, 6.07) is 6.42. The summed E-state index contributed by atoms with van der Waals surface area (Å²) >= 11 is 1.60. The third-order valence-electron chi connectivity index (χ3n) is 2.71. The van der Waals surface area contributed by atoms with Gasteiger partial charge >= 0.3 is 0 Å². The molecule has 0 aliphatic heterocycles. The largest absolute Gasteiger partial charge is 0.304 e. The molecule has 1 unspecified atom stereocenters. The summed E-state index contributed by atoms with van der Waals surface area (Å²) < 4.78 is 13.3. The lowest BCUT2D eigenvalue weighted by molar-refractivity contribution is 0.566. The molecule has 0 aliphatic rings. The first-order chi connectivity index (χ1) is 9.08. The molecule has 1 aromatic heterocycles. The Labute approximate surface area is 115 Å². The van der Waals surface area contributed by atoms with Gasteiger partial charge in [0.05, 0.1) is 17.7 Å². The van der Waals surface area contributed by atoms with Gasteiger partial charge in [0.15, 0.2) is 0 Å². The van der Waals surface area contributed by atoms with Crippen LogP contribution in [-0.2, 0) is 6.54 Å². The minimum Gasteiger partial charge on any atom is -0.304 e. The van der Waals surface area contributed by atoms with E-state index in [0.717, 1.165) is 16.3 Å². The highest BCUT2D eigenvalue weighted by Crippen LogP contribution is 2.18. The van der Waals surface area contributed by atoms with Gasteiger partial charge in [-0.25, -0.2) is 9.37 Å². The van der Waals surface area contributed by atoms with Crippen molar-refractivity contribution >= 4 is 11.3 Å². The molecule has 0 amide bonds. The van der Waals surface area contributed by atoms with Crippen molar-refractivity contribution in [3.63, 3.8) is 0 Å². The van der Waals surface area contributed by atoms with Gasteiger partial charge in [0.25, 0.3) is 0 Å². The molecule has 0 fully saturated rings. The van der Waals surface area contributed by atoms with Crippen LogP contribution in [0.4, 0.5) is 4.39 Å². The molecule has 5 heteroatoms. The van der Waals surface area contributed by atoms with E-state index < -0.39 is 0 Å². The molecular weight excluding hydrogens is 261 g/mol. The maximum atomic E-state index is 13.3. The summed E-state index contributed by atoms with van der Waals surface area (Å²) in [6.07, 6.45) is 0. The number of aryl methyl sites for hydroxylation is 1. The van der Waals surface area contributed by atoms with Crippen molar-refractivity contribution in [3.05, 3.63) is 51.2 Å². The van der Waals surface area contributed by atoms with E-state index in [1.807, 2.05) is 25.3 Å². The fraction of sp³-hybridized carbons (Fsp3) is 0.286. The molecule has 0 saturated heterocycles. The number of nitriles is 1. The van der Waals surface area contributed by atoms with Gasteiger partial charge in [0, 0.05) is 17.6 Å². The van der Waals surface area contributed by atoms with Crippen LogP contribution in [0.3, 0.4) is 0 Å². The van der Waals surface area contributed by atoms with Crippen LogP contribution < -0.4 is 5.32 Å². The Morgan fingerprint density at radius 2 is 2.26 bits per heavy atom. The van der Waals surface area contributed by atoms with Crippen molar-refractivity contribution in [2.75, 3.05) is 0 Å². The first-order valence-corrected chi connectivity index (χ1v) is 6.81. The monoisotopic (exact) mass is 275 g/mol. The van der Waals surface area contributed by atoms with Crippen LogP contribution in [0.5, 0.6) is 0 Å². The smallest absolute Gasteiger partial charge is 0.124 e. The number of nitrogens with one attached hydrogen (secondary N) is 1. The van der Waals surface area contributed by atoms with E-state index >= 15 is 0 Å². The molecule has 1 N–H and O–H groups in total. The summed E-state index contributed by atoms with van der Waals surface area (Å²) in [7, 11) is 0. The van der Waals surface area contributed by atoms with E-state index in [-0.39, 0.29) is 11.9 Å². The average Bonchev–Trinajstić information content (AvgIpc) is 2.82.